The molecular formula is C16H16N2O6. The Bertz CT molecular complexity index is 745. The van der Waals surface area contributed by atoms with Crippen molar-refractivity contribution in [2.24, 2.45) is 5.73 Å². The minimum atomic E-state index is -1.13. The number of nitrogens with zero attached hydrogens (tertiary/aromatic N) is 1. The highest BCUT2D eigenvalue weighted by molar-refractivity contribution is 5.73. The topological polar surface area (TPSA) is 125 Å². The number of para-hydroxylation sites is 1. The van der Waals surface area contributed by atoms with Crippen LogP contribution in [0.15, 0.2) is 42.5 Å². The average molecular weight is 332 g/mol. The van der Waals surface area contributed by atoms with Crippen LogP contribution in [0.3, 0.4) is 0 Å². The number of nitro groups is 1. The fraction of sp³-hybridized carbons (Fsp3) is 0.188. The van der Waals surface area contributed by atoms with Gasteiger partial charge in [-0.3, -0.25) is 14.9 Å². The highest BCUT2D eigenvalue weighted by Gasteiger charge is 2.18. The van der Waals surface area contributed by atoms with E-state index in [9.17, 15) is 14.9 Å². The molecule has 0 saturated heterocycles. The van der Waals surface area contributed by atoms with Gasteiger partial charge in [0, 0.05) is 24.1 Å². The lowest BCUT2D eigenvalue weighted by Crippen LogP contribution is -2.32. The first-order valence-corrected chi connectivity index (χ1v) is 6.99. The van der Waals surface area contributed by atoms with Gasteiger partial charge in [-0.2, -0.15) is 0 Å². The summed E-state index contributed by atoms with van der Waals surface area (Å²) in [5, 5.41) is 19.7. The molecule has 0 amide bonds. The van der Waals surface area contributed by atoms with E-state index < -0.39 is 16.9 Å². The van der Waals surface area contributed by atoms with E-state index in [1.54, 1.807) is 18.2 Å². The summed E-state index contributed by atoms with van der Waals surface area (Å²) in [5.74, 6) is -0.0386. The molecule has 0 aromatic heterocycles. The van der Waals surface area contributed by atoms with E-state index in [2.05, 4.69) is 0 Å². The third-order valence-corrected chi connectivity index (χ3v) is 3.30. The summed E-state index contributed by atoms with van der Waals surface area (Å²) in [7, 11) is 1.46. The smallest absolute Gasteiger partial charge is 0.320 e. The second kappa shape index (κ2) is 7.42. The van der Waals surface area contributed by atoms with Crippen LogP contribution < -0.4 is 15.2 Å². The van der Waals surface area contributed by atoms with Crippen molar-refractivity contribution in [3.8, 4) is 17.2 Å². The molecular weight excluding hydrogens is 316 g/mol. The number of hydrogen-bond acceptors (Lipinski definition) is 6. The Balaban J connectivity index is 2.33. The molecule has 0 radical (unpaired) electrons. The van der Waals surface area contributed by atoms with Gasteiger partial charge in [0.1, 0.15) is 11.8 Å². The number of hydrogen-bond donors (Lipinski definition) is 2. The summed E-state index contributed by atoms with van der Waals surface area (Å²) in [6.07, 6.45) is 0.0504. The quantitative estimate of drug-likeness (QED) is 0.589. The Labute approximate surface area is 137 Å². The predicted octanol–water partition coefficient (Wildman–Crippen LogP) is 2.35. The molecule has 0 bridgehead atoms. The number of carbonyl (C=O) groups is 1. The zero-order chi connectivity index (χ0) is 17.7. The van der Waals surface area contributed by atoms with Crippen LogP contribution in [0, 0.1) is 10.1 Å². The van der Waals surface area contributed by atoms with Crippen LogP contribution in [0.5, 0.6) is 17.2 Å². The largest absolute Gasteiger partial charge is 0.493 e. The number of methoxy groups -OCH3 is 1. The first-order valence-electron chi connectivity index (χ1n) is 6.99. The second-order valence-corrected chi connectivity index (χ2v) is 4.95. The molecule has 1 atom stereocenters. The molecule has 0 aliphatic heterocycles. The Morgan fingerprint density at radius 3 is 2.50 bits per heavy atom. The van der Waals surface area contributed by atoms with Crippen LogP contribution in [0.4, 0.5) is 5.69 Å². The lowest BCUT2D eigenvalue weighted by molar-refractivity contribution is -0.384. The van der Waals surface area contributed by atoms with Crippen LogP contribution in [-0.4, -0.2) is 29.2 Å². The van der Waals surface area contributed by atoms with Crippen molar-refractivity contribution in [3.63, 3.8) is 0 Å². The number of aliphatic carboxylic acids is 1. The van der Waals surface area contributed by atoms with Gasteiger partial charge in [-0.05, 0) is 18.2 Å². The number of nitrogens with two attached hydrogens (primary N) is 1. The maximum atomic E-state index is 11.0. The third kappa shape index (κ3) is 3.99. The molecule has 0 unspecified atom stereocenters. The summed E-state index contributed by atoms with van der Waals surface area (Å²) in [4.78, 5) is 21.1. The molecule has 2 aromatic carbocycles. The molecule has 2 rings (SSSR count). The average Bonchev–Trinajstić information content (AvgIpc) is 2.56. The van der Waals surface area contributed by atoms with E-state index in [1.807, 2.05) is 0 Å². The van der Waals surface area contributed by atoms with Gasteiger partial charge in [0.15, 0.2) is 11.5 Å². The molecule has 0 aliphatic rings. The van der Waals surface area contributed by atoms with Gasteiger partial charge in [-0.15, -0.1) is 0 Å². The van der Waals surface area contributed by atoms with E-state index in [0.717, 1.165) is 0 Å². The molecule has 3 N–H and O–H groups in total. The minimum absolute atomic E-state index is 0.0504. The Hall–Kier alpha value is -3.13. The van der Waals surface area contributed by atoms with Gasteiger partial charge in [-0.25, -0.2) is 0 Å². The normalized spacial score (nSPS) is 11.6. The van der Waals surface area contributed by atoms with Gasteiger partial charge in [0.2, 0.25) is 0 Å². The Morgan fingerprint density at radius 1 is 1.29 bits per heavy atom. The molecule has 0 fully saturated rings. The molecule has 0 spiro atoms. The summed E-state index contributed by atoms with van der Waals surface area (Å²) < 4.78 is 11.0. The summed E-state index contributed by atoms with van der Waals surface area (Å²) in [6.45, 7) is 0. The highest BCUT2D eigenvalue weighted by atomic mass is 16.6. The maximum Gasteiger partial charge on any atom is 0.320 e. The number of rotatable bonds is 7. The van der Waals surface area contributed by atoms with Crippen molar-refractivity contribution in [3.05, 3.63) is 58.1 Å². The SMILES string of the molecule is COc1cccc(C[C@@H](N)C(=O)O)c1Oc1ccc([N+](=O)[O-])cc1. The minimum Gasteiger partial charge on any atom is -0.493 e. The molecule has 8 nitrogen and oxygen atoms in total. The van der Waals surface area contributed by atoms with Crippen LogP contribution in [0.1, 0.15) is 5.56 Å². The zero-order valence-corrected chi connectivity index (χ0v) is 12.8. The highest BCUT2D eigenvalue weighted by Crippen LogP contribution is 2.36. The van der Waals surface area contributed by atoms with Crippen LogP contribution in [0.25, 0.3) is 0 Å². The van der Waals surface area contributed by atoms with Crippen LogP contribution in [-0.2, 0) is 11.2 Å². The lowest BCUT2D eigenvalue weighted by atomic mass is 10.0. The van der Waals surface area contributed by atoms with Crippen LogP contribution >= 0.6 is 0 Å². The van der Waals surface area contributed by atoms with Gasteiger partial charge < -0.3 is 20.3 Å². The van der Waals surface area contributed by atoms with E-state index in [1.165, 1.54) is 31.4 Å². The van der Waals surface area contributed by atoms with Gasteiger partial charge >= 0.3 is 5.97 Å². The fourth-order valence-corrected chi connectivity index (χ4v) is 2.08. The van der Waals surface area contributed by atoms with Crippen molar-refractivity contribution in [2.45, 2.75) is 12.5 Å². The van der Waals surface area contributed by atoms with Crippen molar-refractivity contribution in [1.29, 1.82) is 0 Å². The monoisotopic (exact) mass is 332 g/mol. The molecule has 0 saturated carbocycles. The molecule has 0 aliphatic carbocycles. The van der Waals surface area contributed by atoms with Crippen molar-refractivity contribution in [1.82, 2.24) is 0 Å². The van der Waals surface area contributed by atoms with E-state index in [4.69, 9.17) is 20.3 Å². The molecule has 2 aromatic rings. The van der Waals surface area contributed by atoms with E-state index in [0.29, 0.717) is 22.8 Å². The molecule has 24 heavy (non-hydrogen) atoms. The number of carboxylic acid groups (broad SMARTS) is 1. The number of ether oxygens (including phenoxy) is 2. The fourth-order valence-electron chi connectivity index (χ4n) is 2.08. The number of non-ortho nitro benzene ring substituents is 1. The maximum absolute atomic E-state index is 11.0. The second-order valence-electron chi connectivity index (χ2n) is 4.95. The van der Waals surface area contributed by atoms with Crippen molar-refractivity contribution in [2.75, 3.05) is 7.11 Å². The molecule has 0 heterocycles. The summed E-state index contributed by atoms with van der Waals surface area (Å²) in [5.41, 5.74) is 6.08. The lowest BCUT2D eigenvalue weighted by Gasteiger charge is -2.16. The van der Waals surface area contributed by atoms with Crippen molar-refractivity contribution < 1.29 is 24.3 Å². The first-order chi connectivity index (χ1) is 11.4. The standard InChI is InChI=1S/C16H16N2O6/c1-23-14-4-2-3-10(9-13(17)16(19)20)15(14)24-12-7-5-11(6-8-12)18(21)22/h2-8,13H,9,17H2,1H3,(H,19,20)/t13-/m1/s1. The Kier molecular flexibility index (Phi) is 5.33. The van der Waals surface area contributed by atoms with Gasteiger partial charge in [0.25, 0.3) is 5.69 Å². The van der Waals surface area contributed by atoms with Gasteiger partial charge in [0.05, 0.1) is 12.0 Å². The van der Waals surface area contributed by atoms with E-state index in [-0.39, 0.29) is 12.1 Å². The predicted molar refractivity (Wildman–Crippen MR) is 85.5 cm³/mol. The number of benzene rings is 2. The first kappa shape index (κ1) is 17.2. The van der Waals surface area contributed by atoms with Gasteiger partial charge in [-0.1, -0.05) is 12.1 Å². The summed E-state index contributed by atoms with van der Waals surface area (Å²) >= 11 is 0. The molecule has 126 valence electrons. The summed E-state index contributed by atoms with van der Waals surface area (Å²) in [6, 6.07) is 9.49. The van der Waals surface area contributed by atoms with Crippen LogP contribution in [0.2, 0.25) is 0 Å². The van der Waals surface area contributed by atoms with Crippen molar-refractivity contribution >= 4 is 11.7 Å². The van der Waals surface area contributed by atoms with E-state index >= 15 is 0 Å². The number of nitro benzene ring substituents is 1. The molecule has 8 heteroatoms. The Morgan fingerprint density at radius 2 is 1.96 bits per heavy atom. The third-order valence-electron chi connectivity index (χ3n) is 3.30. The number of carboxylic acids is 1. The zero-order valence-electron chi connectivity index (χ0n) is 12.8.